The third kappa shape index (κ3) is 3.74. The highest BCUT2D eigenvalue weighted by Gasteiger charge is 2.39. The molecular weight excluding hydrogens is 424 g/mol. The summed E-state index contributed by atoms with van der Waals surface area (Å²) in [5.74, 6) is -1.01. The fourth-order valence-electron chi connectivity index (χ4n) is 4.90. The van der Waals surface area contributed by atoms with Crippen molar-refractivity contribution >= 4 is 35.1 Å². The van der Waals surface area contributed by atoms with Crippen LogP contribution in [0.15, 0.2) is 42.5 Å². The van der Waals surface area contributed by atoms with E-state index in [-0.39, 0.29) is 36.9 Å². The van der Waals surface area contributed by atoms with Gasteiger partial charge in [0.25, 0.3) is 5.91 Å². The third-order valence-corrected chi connectivity index (χ3v) is 6.42. The Morgan fingerprint density at radius 1 is 1.15 bits per heavy atom. The molecule has 2 unspecified atom stereocenters. The summed E-state index contributed by atoms with van der Waals surface area (Å²) >= 11 is 0. The molecule has 9 nitrogen and oxygen atoms in total. The number of amides is 5. The van der Waals surface area contributed by atoms with E-state index in [4.69, 9.17) is 4.74 Å². The highest BCUT2D eigenvalue weighted by Crippen LogP contribution is 2.34. The van der Waals surface area contributed by atoms with E-state index in [0.29, 0.717) is 24.3 Å². The van der Waals surface area contributed by atoms with Gasteiger partial charge in [-0.25, -0.2) is 4.79 Å². The van der Waals surface area contributed by atoms with E-state index in [0.717, 1.165) is 23.2 Å². The SMILES string of the molecule is COCC1Cc2ccccc2N1C(=O)Nc1ccc2c(c1)CN(C1CCC(=O)NC1=O)C2=O. The van der Waals surface area contributed by atoms with Gasteiger partial charge in [-0.2, -0.15) is 0 Å². The number of para-hydroxylation sites is 1. The summed E-state index contributed by atoms with van der Waals surface area (Å²) in [7, 11) is 1.62. The number of imide groups is 1. The summed E-state index contributed by atoms with van der Waals surface area (Å²) in [4.78, 5) is 53.0. The zero-order valence-corrected chi connectivity index (χ0v) is 18.2. The van der Waals surface area contributed by atoms with Gasteiger partial charge in [0.1, 0.15) is 6.04 Å². The lowest BCUT2D eigenvalue weighted by molar-refractivity contribution is -0.136. The van der Waals surface area contributed by atoms with Gasteiger partial charge < -0.3 is 15.0 Å². The molecule has 2 aromatic carbocycles. The molecule has 5 amide bonds. The van der Waals surface area contributed by atoms with Gasteiger partial charge in [-0.1, -0.05) is 18.2 Å². The Hall–Kier alpha value is -3.72. The summed E-state index contributed by atoms with van der Waals surface area (Å²) in [5.41, 5.74) is 3.75. The van der Waals surface area contributed by atoms with Crippen LogP contribution in [0.4, 0.5) is 16.2 Å². The molecule has 0 bridgehead atoms. The van der Waals surface area contributed by atoms with E-state index in [9.17, 15) is 19.2 Å². The quantitative estimate of drug-likeness (QED) is 0.696. The lowest BCUT2D eigenvalue weighted by atomic mass is 10.0. The molecule has 0 spiro atoms. The molecule has 2 aromatic rings. The van der Waals surface area contributed by atoms with Crippen LogP contribution < -0.4 is 15.5 Å². The number of carbonyl (C=O) groups is 4. The van der Waals surface area contributed by atoms with Gasteiger partial charge in [0, 0.05) is 37.0 Å². The first-order valence-corrected chi connectivity index (χ1v) is 10.9. The van der Waals surface area contributed by atoms with Gasteiger partial charge in [0.15, 0.2) is 0 Å². The molecule has 3 aliphatic rings. The monoisotopic (exact) mass is 448 g/mol. The molecule has 2 atom stereocenters. The van der Waals surface area contributed by atoms with Crippen molar-refractivity contribution in [3.8, 4) is 0 Å². The number of nitrogens with zero attached hydrogens (tertiary/aromatic N) is 2. The second-order valence-electron chi connectivity index (χ2n) is 8.51. The number of ether oxygens (including phenoxy) is 1. The molecule has 0 saturated carbocycles. The number of methoxy groups -OCH3 is 1. The number of nitrogens with one attached hydrogen (secondary N) is 2. The Labute approximate surface area is 190 Å². The second-order valence-corrected chi connectivity index (χ2v) is 8.51. The summed E-state index contributed by atoms with van der Waals surface area (Å²) < 4.78 is 5.33. The van der Waals surface area contributed by atoms with Crippen molar-refractivity contribution in [3.63, 3.8) is 0 Å². The van der Waals surface area contributed by atoms with Gasteiger partial charge >= 0.3 is 6.03 Å². The van der Waals surface area contributed by atoms with E-state index in [1.807, 2.05) is 24.3 Å². The van der Waals surface area contributed by atoms with E-state index < -0.39 is 11.9 Å². The molecule has 9 heteroatoms. The first-order chi connectivity index (χ1) is 16.0. The van der Waals surface area contributed by atoms with Crippen molar-refractivity contribution in [3.05, 3.63) is 59.2 Å². The fraction of sp³-hybridized carbons (Fsp3) is 0.333. The van der Waals surface area contributed by atoms with Gasteiger partial charge in [0.05, 0.1) is 12.6 Å². The topological polar surface area (TPSA) is 108 Å². The largest absolute Gasteiger partial charge is 0.383 e. The van der Waals surface area contributed by atoms with Crippen LogP contribution in [0, 0.1) is 0 Å². The average molecular weight is 448 g/mol. The van der Waals surface area contributed by atoms with E-state index in [1.54, 1.807) is 30.2 Å². The molecular formula is C24H24N4O5. The van der Waals surface area contributed by atoms with Crippen LogP contribution in [0.2, 0.25) is 0 Å². The minimum atomic E-state index is -0.670. The van der Waals surface area contributed by atoms with Crippen LogP contribution in [0.3, 0.4) is 0 Å². The lowest BCUT2D eigenvalue weighted by Crippen LogP contribution is -2.52. The summed E-state index contributed by atoms with van der Waals surface area (Å²) in [6, 6.07) is 11.9. The highest BCUT2D eigenvalue weighted by atomic mass is 16.5. The van der Waals surface area contributed by atoms with Crippen LogP contribution in [-0.4, -0.2) is 54.5 Å². The first-order valence-electron chi connectivity index (χ1n) is 10.9. The van der Waals surface area contributed by atoms with Crippen molar-refractivity contribution in [1.29, 1.82) is 0 Å². The standard InChI is InChI=1S/C24H24N4O5/c1-33-13-17-11-14-4-2-3-5-19(14)28(17)24(32)25-16-6-7-18-15(10-16)12-27(23(18)31)20-8-9-21(29)26-22(20)30/h2-7,10,17,20H,8-9,11-13H2,1H3,(H,25,32)(H,26,29,30). The van der Waals surface area contributed by atoms with E-state index >= 15 is 0 Å². The average Bonchev–Trinajstić information content (AvgIpc) is 3.31. The smallest absolute Gasteiger partial charge is 0.326 e. The molecule has 0 radical (unpaired) electrons. The highest BCUT2D eigenvalue weighted by molar-refractivity contribution is 6.07. The van der Waals surface area contributed by atoms with Crippen LogP contribution in [0.25, 0.3) is 0 Å². The summed E-state index contributed by atoms with van der Waals surface area (Å²) in [6.45, 7) is 0.671. The number of hydrogen-bond donors (Lipinski definition) is 2. The van der Waals surface area contributed by atoms with E-state index in [2.05, 4.69) is 10.6 Å². The molecule has 170 valence electrons. The summed E-state index contributed by atoms with van der Waals surface area (Å²) in [5, 5.41) is 5.24. The van der Waals surface area contributed by atoms with E-state index in [1.165, 1.54) is 4.90 Å². The fourth-order valence-corrected chi connectivity index (χ4v) is 4.90. The molecule has 2 N–H and O–H groups in total. The number of urea groups is 1. The van der Waals surface area contributed by atoms with Crippen LogP contribution in [0.1, 0.15) is 34.3 Å². The molecule has 0 aromatic heterocycles. The van der Waals surface area contributed by atoms with Crippen molar-refractivity contribution in [2.75, 3.05) is 23.9 Å². The predicted molar refractivity (Wildman–Crippen MR) is 120 cm³/mol. The minimum absolute atomic E-state index is 0.105. The van der Waals surface area contributed by atoms with Crippen molar-refractivity contribution in [2.24, 2.45) is 0 Å². The van der Waals surface area contributed by atoms with Gasteiger partial charge in [0.2, 0.25) is 11.8 Å². The number of rotatable bonds is 4. The number of benzene rings is 2. The molecule has 1 fully saturated rings. The maximum Gasteiger partial charge on any atom is 0.326 e. The van der Waals surface area contributed by atoms with Crippen LogP contribution >= 0.6 is 0 Å². The van der Waals surface area contributed by atoms with Gasteiger partial charge in [-0.3, -0.25) is 24.6 Å². The lowest BCUT2D eigenvalue weighted by Gasteiger charge is -2.29. The number of piperidine rings is 1. The summed E-state index contributed by atoms with van der Waals surface area (Å²) in [6.07, 6.45) is 1.23. The normalized spacial score (nSPS) is 21.7. The maximum absolute atomic E-state index is 13.2. The van der Waals surface area contributed by atoms with Crippen molar-refractivity contribution < 1.29 is 23.9 Å². The number of fused-ring (bicyclic) bond motifs is 2. The van der Waals surface area contributed by atoms with Crippen LogP contribution in [-0.2, 0) is 27.3 Å². The maximum atomic E-state index is 13.2. The van der Waals surface area contributed by atoms with Crippen molar-refractivity contribution in [1.82, 2.24) is 10.2 Å². The Kier molecular flexibility index (Phi) is 5.33. The van der Waals surface area contributed by atoms with Gasteiger partial charge in [-0.05, 0) is 48.2 Å². The molecule has 3 heterocycles. The predicted octanol–water partition coefficient (Wildman–Crippen LogP) is 2.06. The number of carbonyl (C=O) groups excluding carboxylic acids is 4. The molecule has 33 heavy (non-hydrogen) atoms. The second kappa shape index (κ2) is 8.32. The number of anilines is 2. The molecule has 3 aliphatic heterocycles. The Balaban J connectivity index is 1.34. The minimum Gasteiger partial charge on any atom is -0.383 e. The molecule has 5 rings (SSSR count). The molecule has 1 saturated heterocycles. The van der Waals surface area contributed by atoms with Gasteiger partial charge in [-0.15, -0.1) is 0 Å². The zero-order valence-electron chi connectivity index (χ0n) is 18.2. The Morgan fingerprint density at radius 3 is 2.76 bits per heavy atom. The van der Waals surface area contributed by atoms with Crippen molar-refractivity contribution in [2.45, 2.75) is 37.9 Å². The zero-order chi connectivity index (χ0) is 23.1. The third-order valence-electron chi connectivity index (χ3n) is 6.42. The molecule has 0 aliphatic carbocycles. The Morgan fingerprint density at radius 2 is 1.97 bits per heavy atom. The van der Waals surface area contributed by atoms with Crippen LogP contribution in [0.5, 0.6) is 0 Å². The Bertz CT molecular complexity index is 1160. The first kappa shape index (κ1) is 21.1. The number of hydrogen-bond acceptors (Lipinski definition) is 5.